The van der Waals surface area contributed by atoms with Crippen LogP contribution in [0.4, 0.5) is 17.1 Å². The number of aliphatic hydroxyl groups excluding tert-OH is 1. The lowest BCUT2D eigenvalue weighted by Gasteiger charge is -2.35. The molecular weight excluding hydrogens is 516 g/mol. The summed E-state index contributed by atoms with van der Waals surface area (Å²) in [6.07, 6.45) is 9.02. The smallest absolute Gasteiger partial charge is 0.257 e. The van der Waals surface area contributed by atoms with Crippen molar-refractivity contribution in [2.45, 2.75) is 62.4 Å². The van der Waals surface area contributed by atoms with Crippen molar-refractivity contribution >= 4 is 33.0 Å². The van der Waals surface area contributed by atoms with E-state index in [9.17, 15) is 13.2 Å². The van der Waals surface area contributed by atoms with E-state index in [1.165, 1.54) is 25.3 Å². The number of amides is 1. The summed E-state index contributed by atoms with van der Waals surface area (Å²) in [6.45, 7) is 2.14. The zero-order chi connectivity index (χ0) is 27.2. The number of fused-ring (bicyclic) bond motifs is 1. The van der Waals surface area contributed by atoms with Gasteiger partial charge in [-0.3, -0.25) is 4.79 Å². The number of carbonyl (C=O) groups is 1. The number of nitrogens with one attached hydrogen (secondary N) is 2. The van der Waals surface area contributed by atoms with Crippen LogP contribution in [0, 0.1) is 5.41 Å². The summed E-state index contributed by atoms with van der Waals surface area (Å²) < 4.78 is 34.4. The Balaban J connectivity index is 1.30. The van der Waals surface area contributed by atoms with Crippen molar-refractivity contribution in [3.63, 3.8) is 0 Å². The minimum Gasteiger partial charge on any atom is -0.488 e. The van der Waals surface area contributed by atoms with E-state index in [1.807, 2.05) is 12.1 Å². The molecule has 9 nitrogen and oxygen atoms in total. The molecule has 2 aliphatic heterocycles. The first-order valence-electron chi connectivity index (χ1n) is 14.1. The molecule has 6 rings (SSSR count). The van der Waals surface area contributed by atoms with Crippen molar-refractivity contribution in [1.29, 1.82) is 0 Å². The number of rotatable bonds is 9. The molecule has 3 N–H and O–H groups in total. The number of carbonyl (C=O) groups excluding carboxylic acids is 1. The van der Waals surface area contributed by atoms with E-state index in [0.717, 1.165) is 68.7 Å². The van der Waals surface area contributed by atoms with Gasteiger partial charge < -0.3 is 25.0 Å². The van der Waals surface area contributed by atoms with Gasteiger partial charge in [-0.2, -0.15) is 0 Å². The number of sulfonamides is 1. The number of hydrogen-bond acceptors (Lipinski definition) is 7. The summed E-state index contributed by atoms with van der Waals surface area (Å²) in [5.41, 5.74) is 4.47. The number of ether oxygens (including phenoxy) is 1. The first-order valence-corrected chi connectivity index (χ1v) is 15.6. The maximum Gasteiger partial charge on any atom is 0.257 e. The molecule has 3 fully saturated rings. The van der Waals surface area contributed by atoms with E-state index in [-0.39, 0.29) is 30.1 Å². The molecule has 1 saturated heterocycles. The second kappa shape index (κ2) is 10.3. The molecule has 0 radical (unpaired) electrons. The lowest BCUT2D eigenvalue weighted by atomic mass is 9.93. The molecule has 0 atom stereocenters. The zero-order valence-corrected chi connectivity index (χ0v) is 23.4. The Kier molecular flexibility index (Phi) is 6.97. The largest absolute Gasteiger partial charge is 0.488 e. The fourth-order valence-electron chi connectivity index (χ4n) is 6.01. The van der Waals surface area contributed by atoms with Crippen molar-refractivity contribution in [2.75, 3.05) is 55.0 Å². The van der Waals surface area contributed by atoms with Crippen LogP contribution in [-0.2, 0) is 16.4 Å². The summed E-state index contributed by atoms with van der Waals surface area (Å²) in [4.78, 5) is 18.2. The molecule has 4 aliphatic rings. The van der Waals surface area contributed by atoms with Gasteiger partial charge in [-0.15, -0.1) is 0 Å². The third-order valence-electron chi connectivity index (χ3n) is 8.91. The fraction of sp³-hybridized carbons (Fsp3) is 0.552. The zero-order valence-electron chi connectivity index (χ0n) is 22.5. The Morgan fingerprint density at radius 1 is 1.10 bits per heavy atom. The van der Waals surface area contributed by atoms with Gasteiger partial charge in [0.2, 0.25) is 10.0 Å². The summed E-state index contributed by atoms with van der Waals surface area (Å²) in [5, 5.41) is 12.2. The van der Waals surface area contributed by atoms with Crippen LogP contribution in [0.15, 0.2) is 35.2 Å². The highest BCUT2D eigenvalue weighted by Crippen LogP contribution is 2.54. The van der Waals surface area contributed by atoms with E-state index in [2.05, 4.69) is 26.9 Å². The van der Waals surface area contributed by atoms with E-state index in [1.54, 1.807) is 12.1 Å². The summed E-state index contributed by atoms with van der Waals surface area (Å²) in [6, 6.07) is 8.62. The summed E-state index contributed by atoms with van der Waals surface area (Å²) in [5.74, 6) is 0.541. The average molecular weight is 555 g/mol. The Bertz CT molecular complexity index is 1360. The van der Waals surface area contributed by atoms with E-state index in [4.69, 9.17) is 9.84 Å². The van der Waals surface area contributed by atoms with Gasteiger partial charge in [-0.1, -0.05) is 0 Å². The number of nitrogens with zero attached hydrogens (tertiary/aromatic N) is 2. The third kappa shape index (κ3) is 5.34. The maximum absolute atomic E-state index is 13.7. The highest BCUT2D eigenvalue weighted by atomic mass is 32.2. The van der Waals surface area contributed by atoms with Crippen LogP contribution in [0.25, 0.3) is 0 Å². The molecule has 2 saturated carbocycles. The SMILES string of the molecule is CN1CCc2cc(NC(=O)c3ccc(S(=O)(=O)NCCO)cc3N3CCC4(CC3)CC4)cc(OC3CCC3)c21. The van der Waals surface area contributed by atoms with Crippen LogP contribution in [0.2, 0.25) is 0 Å². The normalized spacial score (nSPS) is 20.1. The van der Waals surface area contributed by atoms with E-state index < -0.39 is 10.0 Å². The lowest BCUT2D eigenvalue weighted by Crippen LogP contribution is -2.36. The molecule has 0 unspecified atom stereocenters. The molecule has 10 heteroatoms. The fourth-order valence-corrected chi connectivity index (χ4v) is 7.05. The van der Waals surface area contributed by atoms with Gasteiger partial charge in [0, 0.05) is 45.0 Å². The predicted molar refractivity (Wildman–Crippen MR) is 151 cm³/mol. The minimum atomic E-state index is -3.81. The second-order valence-electron chi connectivity index (χ2n) is 11.6. The van der Waals surface area contributed by atoms with Crippen molar-refractivity contribution in [2.24, 2.45) is 5.41 Å². The van der Waals surface area contributed by atoms with E-state index in [0.29, 0.717) is 22.4 Å². The monoisotopic (exact) mass is 554 g/mol. The van der Waals surface area contributed by atoms with Crippen LogP contribution in [0.3, 0.4) is 0 Å². The number of anilines is 3. The molecule has 0 aromatic heterocycles. The molecule has 210 valence electrons. The van der Waals surface area contributed by atoms with Crippen molar-refractivity contribution < 1.29 is 23.1 Å². The summed E-state index contributed by atoms with van der Waals surface area (Å²) in [7, 11) is -1.74. The Morgan fingerprint density at radius 3 is 2.54 bits per heavy atom. The quantitative estimate of drug-likeness (QED) is 0.435. The van der Waals surface area contributed by atoms with Crippen LogP contribution >= 0.6 is 0 Å². The first kappa shape index (κ1) is 26.4. The topological polar surface area (TPSA) is 111 Å². The highest BCUT2D eigenvalue weighted by Gasteiger charge is 2.44. The van der Waals surface area contributed by atoms with Gasteiger partial charge in [0.15, 0.2) is 0 Å². The van der Waals surface area contributed by atoms with Gasteiger partial charge in [0.25, 0.3) is 5.91 Å². The minimum absolute atomic E-state index is 0.0646. The highest BCUT2D eigenvalue weighted by molar-refractivity contribution is 7.89. The molecule has 1 spiro atoms. The average Bonchev–Trinajstić information content (AvgIpc) is 3.55. The van der Waals surface area contributed by atoms with Crippen LogP contribution in [0.1, 0.15) is 60.9 Å². The van der Waals surface area contributed by atoms with Gasteiger partial charge in [0.1, 0.15) is 5.75 Å². The van der Waals surface area contributed by atoms with E-state index >= 15 is 0 Å². The lowest BCUT2D eigenvalue weighted by molar-refractivity contribution is 0.102. The molecule has 2 aromatic carbocycles. The third-order valence-corrected chi connectivity index (χ3v) is 10.4. The standard InChI is InChI=1S/C29H38N4O5S/c1-32-13-7-20-17-21(18-26(27(20)32)38-22-3-2-4-22)31-28(35)24-6-5-23(39(36,37)30-12-16-34)19-25(24)33-14-10-29(8-9-29)11-15-33/h5-6,17-19,22,30,34H,2-4,7-16H2,1H3,(H,31,35). The number of hydrogen-bond donors (Lipinski definition) is 3. The van der Waals surface area contributed by atoms with Crippen LogP contribution < -0.4 is 24.6 Å². The maximum atomic E-state index is 13.7. The van der Waals surface area contributed by atoms with Crippen molar-refractivity contribution in [1.82, 2.24) is 4.72 Å². The van der Waals surface area contributed by atoms with Crippen molar-refractivity contribution in [3.05, 3.63) is 41.5 Å². The Labute approximate surface area is 230 Å². The Hall–Kier alpha value is -2.82. The molecular formula is C29H38N4O5S. The van der Waals surface area contributed by atoms with Gasteiger partial charge in [-0.05, 0) is 86.6 Å². The van der Waals surface area contributed by atoms with Crippen LogP contribution in [0.5, 0.6) is 5.75 Å². The molecule has 2 aliphatic carbocycles. The van der Waals surface area contributed by atoms with Crippen LogP contribution in [-0.4, -0.2) is 65.4 Å². The summed E-state index contributed by atoms with van der Waals surface area (Å²) >= 11 is 0. The molecule has 2 heterocycles. The van der Waals surface area contributed by atoms with Gasteiger partial charge in [0.05, 0.1) is 34.5 Å². The van der Waals surface area contributed by atoms with Gasteiger partial charge in [-0.25, -0.2) is 13.1 Å². The predicted octanol–water partition coefficient (Wildman–Crippen LogP) is 3.51. The number of piperidine rings is 1. The van der Waals surface area contributed by atoms with Crippen molar-refractivity contribution in [3.8, 4) is 5.75 Å². The number of likely N-dealkylation sites (N-methyl/N-ethyl adjacent to an activating group) is 1. The number of aliphatic hydroxyl groups is 1. The van der Waals surface area contributed by atoms with Gasteiger partial charge >= 0.3 is 0 Å². The molecule has 2 aromatic rings. The second-order valence-corrected chi connectivity index (χ2v) is 13.3. The number of benzene rings is 2. The first-order chi connectivity index (χ1) is 18.8. The molecule has 39 heavy (non-hydrogen) atoms. The Morgan fingerprint density at radius 2 is 1.87 bits per heavy atom. The molecule has 1 amide bonds. The molecule has 0 bridgehead atoms.